The monoisotopic (exact) mass is 264 g/mol. The van der Waals surface area contributed by atoms with Crippen molar-refractivity contribution in [3.63, 3.8) is 0 Å². The van der Waals surface area contributed by atoms with E-state index in [0.717, 1.165) is 31.0 Å². The van der Waals surface area contributed by atoms with Gasteiger partial charge in [0.2, 0.25) is 0 Å². The van der Waals surface area contributed by atoms with E-state index in [9.17, 15) is 0 Å². The maximum absolute atomic E-state index is 8.91. The van der Waals surface area contributed by atoms with Gasteiger partial charge in [-0.15, -0.1) is 0 Å². The summed E-state index contributed by atoms with van der Waals surface area (Å²) < 4.78 is 5.67. The van der Waals surface area contributed by atoms with Gasteiger partial charge in [-0.3, -0.25) is 0 Å². The van der Waals surface area contributed by atoms with Crippen LogP contribution in [0.25, 0.3) is 0 Å². The fourth-order valence-corrected chi connectivity index (χ4v) is 2.57. The Morgan fingerprint density at radius 3 is 3.00 bits per heavy atom. The predicted octanol–water partition coefficient (Wildman–Crippen LogP) is 3.54. The number of fused-ring (bicyclic) bond motifs is 1. The van der Waals surface area contributed by atoms with Crippen LogP contribution in [0.3, 0.4) is 0 Å². The molecule has 1 aliphatic heterocycles. The van der Waals surface area contributed by atoms with Crippen LogP contribution >= 0.6 is 0 Å². The van der Waals surface area contributed by atoms with Gasteiger partial charge in [0.25, 0.3) is 0 Å². The van der Waals surface area contributed by atoms with Crippen molar-refractivity contribution in [2.24, 2.45) is 0 Å². The van der Waals surface area contributed by atoms with Crippen molar-refractivity contribution in [3.8, 4) is 11.8 Å². The molecule has 0 spiro atoms. The summed E-state index contributed by atoms with van der Waals surface area (Å²) >= 11 is 0. The minimum atomic E-state index is 0.450. The second kappa shape index (κ2) is 5.66. The number of rotatable bonds is 3. The van der Waals surface area contributed by atoms with Crippen LogP contribution in [0.5, 0.6) is 5.75 Å². The standard InChI is InChI=1S/C17H16N2O/c18-11-13-4-3-5-15(10-13)19-12-14-8-9-20-17-7-2-1-6-16(14)17/h1-7,10,14,19H,8-9,12H2. The van der Waals surface area contributed by atoms with Crippen LogP contribution in [0.15, 0.2) is 48.5 Å². The SMILES string of the molecule is N#Cc1cccc(NCC2CCOc3ccccc32)c1. The number of hydrogen-bond donors (Lipinski definition) is 1. The van der Waals surface area contributed by atoms with Crippen molar-refractivity contribution >= 4 is 5.69 Å². The molecular weight excluding hydrogens is 248 g/mol. The highest BCUT2D eigenvalue weighted by atomic mass is 16.5. The predicted molar refractivity (Wildman–Crippen MR) is 78.9 cm³/mol. The molecular formula is C17H16N2O. The Labute approximate surface area is 118 Å². The van der Waals surface area contributed by atoms with Crippen LogP contribution < -0.4 is 10.1 Å². The average Bonchev–Trinajstić information content (AvgIpc) is 2.53. The van der Waals surface area contributed by atoms with E-state index in [1.165, 1.54) is 5.56 Å². The molecule has 3 nitrogen and oxygen atoms in total. The van der Waals surface area contributed by atoms with E-state index in [-0.39, 0.29) is 0 Å². The fraction of sp³-hybridized carbons (Fsp3) is 0.235. The quantitative estimate of drug-likeness (QED) is 0.922. The van der Waals surface area contributed by atoms with E-state index in [0.29, 0.717) is 11.5 Å². The molecule has 1 heterocycles. The Bertz CT molecular complexity index is 645. The van der Waals surface area contributed by atoms with Crippen molar-refractivity contribution in [3.05, 3.63) is 59.7 Å². The lowest BCUT2D eigenvalue weighted by atomic mass is 9.93. The molecule has 0 aromatic heterocycles. The molecule has 0 radical (unpaired) electrons. The molecule has 20 heavy (non-hydrogen) atoms. The number of ether oxygens (including phenoxy) is 1. The highest BCUT2D eigenvalue weighted by molar-refractivity contribution is 5.50. The first kappa shape index (κ1) is 12.6. The molecule has 0 aliphatic carbocycles. The fourth-order valence-electron chi connectivity index (χ4n) is 2.57. The molecule has 0 bridgehead atoms. The lowest BCUT2D eigenvalue weighted by Crippen LogP contribution is -2.20. The molecule has 3 rings (SSSR count). The summed E-state index contributed by atoms with van der Waals surface area (Å²) in [5, 5.41) is 12.3. The third kappa shape index (κ3) is 2.60. The minimum absolute atomic E-state index is 0.450. The van der Waals surface area contributed by atoms with Gasteiger partial charge in [0.1, 0.15) is 5.75 Å². The molecule has 3 heteroatoms. The molecule has 0 fully saturated rings. The van der Waals surface area contributed by atoms with Crippen LogP contribution in [0.1, 0.15) is 23.5 Å². The Hall–Kier alpha value is -2.47. The third-order valence-corrected chi connectivity index (χ3v) is 3.63. The van der Waals surface area contributed by atoms with Gasteiger partial charge in [-0.25, -0.2) is 0 Å². The zero-order valence-corrected chi connectivity index (χ0v) is 11.2. The smallest absolute Gasteiger partial charge is 0.122 e. The van der Waals surface area contributed by atoms with Crippen LogP contribution in [0, 0.1) is 11.3 Å². The van der Waals surface area contributed by atoms with Crippen molar-refractivity contribution < 1.29 is 4.74 Å². The van der Waals surface area contributed by atoms with Crippen molar-refractivity contribution in [1.29, 1.82) is 5.26 Å². The minimum Gasteiger partial charge on any atom is -0.493 e. The van der Waals surface area contributed by atoms with E-state index in [1.54, 1.807) is 0 Å². The van der Waals surface area contributed by atoms with Gasteiger partial charge in [-0.1, -0.05) is 24.3 Å². The maximum Gasteiger partial charge on any atom is 0.122 e. The summed E-state index contributed by atoms with van der Waals surface area (Å²) in [6.45, 7) is 1.62. The highest BCUT2D eigenvalue weighted by Gasteiger charge is 2.20. The topological polar surface area (TPSA) is 45.0 Å². The van der Waals surface area contributed by atoms with Crippen LogP contribution in [0.2, 0.25) is 0 Å². The van der Waals surface area contributed by atoms with E-state index >= 15 is 0 Å². The first-order chi connectivity index (χ1) is 9.86. The first-order valence-corrected chi connectivity index (χ1v) is 6.82. The Balaban J connectivity index is 1.72. The normalized spacial score (nSPS) is 16.6. The summed E-state index contributed by atoms with van der Waals surface area (Å²) in [6, 6.07) is 18.0. The molecule has 2 aromatic rings. The van der Waals surface area contributed by atoms with Gasteiger partial charge in [0.05, 0.1) is 18.2 Å². The number of nitrogens with one attached hydrogen (secondary N) is 1. The number of anilines is 1. The number of para-hydroxylation sites is 1. The Kier molecular flexibility index (Phi) is 3.56. The van der Waals surface area contributed by atoms with Gasteiger partial charge < -0.3 is 10.1 Å². The van der Waals surface area contributed by atoms with Gasteiger partial charge in [-0.05, 0) is 36.2 Å². The second-order valence-corrected chi connectivity index (χ2v) is 4.95. The molecule has 1 N–H and O–H groups in total. The molecule has 1 unspecified atom stereocenters. The van der Waals surface area contributed by atoms with E-state index in [2.05, 4.69) is 23.5 Å². The largest absolute Gasteiger partial charge is 0.493 e. The third-order valence-electron chi connectivity index (χ3n) is 3.63. The summed E-state index contributed by atoms with van der Waals surface area (Å²) in [5.41, 5.74) is 2.94. The Morgan fingerprint density at radius 1 is 1.20 bits per heavy atom. The van der Waals surface area contributed by atoms with E-state index < -0.39 is 0 Å². The van der Waals surface area contributed by atoms with Crippen LogP contribution in [-0.4, -0.2) is 13.2 Å². The van der Waals surface area contributed by atoms with Gasteiger partial charge in [-0.2, -0.15) is 5.26 Å². The molecule has 100 valence electrons. The summed E-state index contributed by atoms with van der Waals surface area (Å²) in [7, 11) is 0. The van der Waals surface area contributed by atoms with Gasteiger partial charge >= 0.3 is 0 Å². The van der Waals surface area contributed by atoms with Crippen LogP contribution in [-0.2, 0) is 0 Å². The summed E-state index contributed by atoms with van der Waals surface area (Å²) in [6.07, 6.45) is 1.02. The molecule has 1 aliphatic rings. The van der Waals surface area contributed by atoms with Crippen molar-refractivity contribution in [2.45, 2.75) is 12.3 Å². The zero-order chi connectivity index (χ0) is 13.8. The van der Waals surface area contributed by atoms with Crippen molar-refractivity contribution in [1.82, 2.24) is 0 Å². The molecule has 0 saturated heterocycles. The Morgan fingerprint density at radius 2 is 2.10 bits per heavy atom. The summed E-state index contributed by atoms with van der Waals surface area (Å²) in [4.78, 5) is 0. The molecule has 2 aromatic carbocycles. The zero-order valence-electron chi connectivity index (χ0n) is 11.2. The number of hydrogen-bond acceptors (Lipinski definition) is 3. The number of nitriles is 1. The maximum atomic E-state index is 8.91. The first-order valence-electron chi connectivity index (χ1n) is 6.82. The van der Waals surface area contributed by atoms with E-state index in [4.69, 9.17) is 10.00 Å². The number of nitrogens with zero attached hydrogens (tertiary/aromatic N) is 1. The number of benzene rings is 2. The van der Waals surface area contributed by atoms with Crippen molar-refractivity contribution in [2.75, 3.05) is 18.5 Å². The van der Waals surface area contributed by atoms with Crippen LogP contribution in [0.4, 0.5) is 5.69 Å². The van der Waals surface area contributed by atoms with E-state index in [1.807, 2.05) is 36.4 Å². The molecule has 1 atom stereocenters. The van der Waals surface area contributed by atoms with Gasteiger partial charge in [0, 0.05) is 18.2 Å². The molecule has 0 saturated carbocycles. The highest BCUT2D eigenvalue weighted by Crippen LogP contribution is 2.33. The second-order valence-electron chi connectivity index (χ2n) is 4.95. The van der Waals surface area contributed by atoms with Gasteiger partial charge in [0.15, 0.2) is 0 Å². The average molecular weight is 264 g/mol. The molecule has 0 amide bonds. The summed E-state index contributed by atoms with van der Waals surface area (Å²) in [5.74, 6) is 1.45. The lowest BCUT2D eigenvalue weighted by molar-refractivity contribution is 0.270. The lowest BCUT2D eigenvalue weighted by Gasteiger charge is -2.26.